The molecule has 0 aromatic heterocycles. The Bertz CT molecular complexity index is 944. The Labute approximate surface area is 178 Å². The number of nitrogens with zero attached hydrogens (tertiary/aromatic N) is 1. The molecule has 160 valence electrons. The standard InChI is InChI=1S/C23H29NO5Si/c1-15-21(30(3,4)27)20(12-13-25)29-23(15)18-14-17(28-2)10-11-19(18)24(22(23)26)16-8-6-5-7-9-16/h5-11,14-15,20-21,25,27H,12-13H2,1-4H3/t15-,20+,21-,23+/m1/s1. The Morgan fingerprint density at radius 2 is 1.90 bits per heavy atom. The molecular formula is C23H29NO5Si. The summed E-state index contributed by atoms with van der Waals surface area (Å²) in [4.78, 5) is 26.8. The molecule has 0 radical (unpaired) electrons. The van der Waals surface area contributed by atoms with E-state index in [-0.39, 0.29) is 24.0 Å². The number of fused-ring (bicyclic) bond motifs is 2. The second-order valence-corrected chi connectivity index (χ2v) is 12.7. The number of rotatable bonds is 5. The van der Waals surface area contributed by atoms with Crippen LogP contribution >= 0.6 is 0 Å². The first-order chi connectivity index (χ1) is 14.3. The minimum absolute atomic E-state index is 0.0595. The van der Waals surface area contributed by atoms with E-state index in [0.29, 0.717) is 12.2 Å². The van der Waals surface area contributed by atoms with Gasteiger partial charge in [0.1, 0.15) is 5.75 Å². The molecule has 2 N–H and O–H groups in total. The van der Waals surface area contributed by atoms with Crippen LogP contribution in [0.4, 0.5) is 11.4 Å². The number of benzene rings is 2. The zero-order valence-electron chi connectivity index (χ0n) is 17.8. The van der Waals surface area contributed by atoms with Crippen molar-refractivity contribution >= 4 is 25.6 Å². The molecule has 1 fully saturated rings. The lowest BCUT2D eigenvalue weighted by Crippen LogP contribution is -2.45. The summed E-state index contributed by atoms with van der Waals surface area (Å²) in [5.74, 6) is 0.232. The lowest BCUT2D eigenvalue weighted by Gasteiger charge is -2.32. The highest BCUT2D eigenvalue weighted by Gasteiger charge is 2.66. The third-order valence-corrected chi connectivity index (χ3v) is 9.03. The summed E-state index contributed by atoms with van der Waals surface area (Å²) >= 11 is 0. The quantitative estimate of drug-likeness (QED) is 0.714. The van der Waals surface area contributed by atoms with Crippen molar-refractivity contribution in [2.24, 2.45) is 5.92 Å². The fraction of sp³-hybridized carbons (Fsp3) is 0.435. The highest BCUT2D eigenvalue weighted by atomic mass is 28.4. The van der Waals surface area contributed by atoms with Crippen LogP contribution in [0.1, 0.15) is 18.9 Å². The van der Waals surface area contributed by atoms with Gasteiger partial charge in [0.25, 0.3) is 5.91 Å². The topological polar surface area (TPSA) is 79.2 Å². The summed E-state index contributed by atoms with van der Waals surface area (Å²) in [7, 11) is -1.10. The normalized spacial score (nSPS) is 28.3. The second kappa shape index (κ2) is 7.49. The van der Waals surface area contributed by atoms with E-state index in [1.807, 2.05) is 68.5 Å². The molecule has 2 heterocycles. The second-order valence-electron chi connectivity index (χ2n) is 8.73. The van der Waals surface area contributed by atoms with E-state index in [1.165, 1.54) is 0 Å². The van der Waals surface area contributed by atoms with Crippen LogP contribution in [-0.2, 0) is 15.1 Å². The lowest BCUT2D eigenvalue weighted by molar-refractivity contribution is -0.145. The summed E-state index contributed by atoms with van der Waals surface area (Å²) < 4.78 is 12.0. The highest BCUT2D eigenvalue weighted by Crippen LogP contribution is 2.61. The molecule has 30 heavy (non-hydrogen) atoms. The molecule has 2 aromatic carbocycles. The number of aliphatic hydroxyl groups excluding tert-OH is 1. The third kappa shape index (κ3) is 3.00. The number of carbonyl (C=O) groups is 1. The minimum Gasteiger partial charge on any atom is -0.497 e. The highest BCUT2D eigenvalue weighted by molar-refractivity contribution is 6.71. The van der Waals surface area contributed by atoms with Gasteiger partial charge in [-0.1, -0.05) is 25.1 Å². The van der Waals surface area contributed by atoms with Crippen LogP contribution < -0.4 is 9.64 Å². The summed E-state index contributed by atoms with van der Waals surface area (Å²) in [6, 6.07) is 15.1. The molecule has 1 spiro atoms. The number of aliphatic hydroxyl groups is 1. The van der Waals surface area contributed by atoms with Gasteiger partial charge in [-0.05, 0) is 49.8 Å². The number of hydrogen-bond donors (Lipinski definition) is 2. The maximum absolute atomic E-state index is 14.1. The van der Waals surface area contributed by atoms with Crippen molar-refractivity contribution in [1.29, 1.82) is 0 Å². The number of anilines is 2. The molecule has 7 heteroatoms. The first kappa shape index (κ1) is 21.1. The summed E-state index contributed by atoms with van der Waals surface area (Å²) in [6.45, 7) is 5.68. The molecule has 4 rings (SSSR count). The number of ether oxygens (including phenoxy) is 2. The van der Waals surface area contributed by atoms with Crippen LogP contribution in [0.2, 0.25) is 18.6 Å². The van der Waals surface area contributed by atoms with Gasteiger partial charge >= 0.3 is 0 Å². The maximum atomic E-state index is 14.1. The van der Waals surface area contributed by atoms with Gasteiger partial charge in [-0.25, -0.2) is 0 Å². The Morgan fingerprint density at radius 3 is 2.50 bits per heavy atom. The first-order valence-corrected chi connectivity index (χ1v) is 13.4. The largest absolute Gasteiger partial charge is 0.497 e. The van der Waals surface area contributed by atoms with Gasteiger partial charge in [0.05, 0.1) is 18.9 Å². The Hall–Kier alpha value is -2.19. The first-order valence-electron chi connectivity index (χ1n) is 10.3. The molecule has 2 aliphatic heterocycles. The number of para-hydroxylation sites is 1. The predicted molar refractivity (Wildman–Crippen MR) is 117 cm³/mol. The SMILES string of the molecule is COc1ccc2c(c1)[C@]1(O[C@@H](CCO)[C@H]([Si](C)(C)O)[C@H]1C)C(=O)N2c1ccccc1. The van der Waals surface area contributed by atoms with Crippen molar-refractivity contribution in [2.45, 2.75) is 43.7 Å². The van der Waals surface area contributed by atoms with E-state index in [1.54, 1.807) is 12.0 Å². The molecular weight excluding hydrogens is 398 g/mol. The van der Waals surface area contributed by atoms with E-state index in [0.717, 1.165) is 16.9 Å². The van der Waals surface area contributed by atoms with Gasteiger partial charge < -0.3 is 19.4 Å². The number of hydrogen-bond acceptors (Lipinski definition) is 5. The number of methoxy groups -OCH3 is 1. The smallest absolute Gasteiger partial charge is 0.268 e. The van der Waals surface area contributed by atoms with Crippen molar-refractivity contribution in [2.75, 3.05) is 18.6 Å². The summed E-state index contributed by atoms with van der Waals surface area (Å²) in [6.07, 6.45) is -0.0125. The van der Waals surface area contributed by atoms with Crippen molar-refractivity contribution in [3.8, 4) is 5.75 Å². The predicted octanol–water partition coefficient (Wildman–Crippen LogP) is 3.55. The van der Waals surface area contributed by atoms with Gasteiger partial charge in [-0.2, -0.15) is 0 Å². The van der Waals surface area contributed by atoms with E-state index in [2.05, 4.69) is 0 Å². The molecule has 6 nitrogen and oxygen atoms in total. The fourth-order valence-electron chi connectivity index (χ4n) is 5.34. The Balaban J connectivity index is 1.92. The Kier molecular flexibility index (Phi) is 5.26. The van der Waals surface area contributed by atoms with Gasteiger partial charge in [-0.3, -0.25) is 9.69 Å². The molecule has 2 aliphatic rings. The van der Waals surface area contributed by atoms with Gasteiger partial charge in [-0.15, -0.1) is 0 Å². The van der Waals surface area contributed by atoms with Crippen LogP contribution in [0, 0.1) is 5.92 Å². The summed E-state index contributed by atoms with van der Waals surface area (Å²) in [5, 5.41) is 9.64. The van der Waals surface area contributed by atoms with Crippen molar-refractivity contribution < 1.29 is 24.2 Å². The van der Waals surface area contributed by atoms with Gasteiger partial charge in [0.2, 0.25) is 0 Å². The molecule has 0 unspecified atom stereocenters. The molecule has 0 aliphatic carbocycles. The summed E-state index contributed by atoms with van der Waals surface area (Å²) in [5.41, 5.74) is 0.871. The molecule has 0 saturated carbocycles. The monoisotopic (exact) mass is 427 g/mol. The third-order valence-electron chi connectivity index (χ3n) is 6.53. The van der Waals surface area contributed by atoms with Gasteiger partial charge in [0.15, 0.2) is 13.9 Å². The van der Waals surface area contributed by atoms with Crippen LogP contribution in [0.3, 0.4) is 0 Å². The lowest BCUT2D eigenvalue weighted by atomic mass is 9.82. The average molecular weight is 428 g/mol. The molecule has 4 atom stereocenters. The van der Waals surface area contributed by atoms with Crippen molar-refractivity contribution in [3.05, 3.63) is 54.1 Å². The fourth-order valence-corrected chi connectivity index (χ4v) is 7.94. The van der Waals surface area contributed by atoms with E-state index in [9.17, 15) is 14.7 Å². The minimum atomic E-state index is -2.69. The number of carbonyl (C=O) groups excluding carboxylic acids is 1. The van der Waals surface area contributed by atoms with Crippen LogP contribution in [0.15, 0.2) is 48.5 Å². The van der Waals surface area contributed by atoms with E-state index < -0.39 is 20.0 Å². The van der Waals surface area contributed by atoms with Crippen LogP contribution in [-0.4, -0.2) is 43.9 Å². The average Bonchev–Trinajstić information content (AvgIpc) is 3.15. The molecule has 1 saturated heterocycles. The van der Waals surface area contributed by atoms with Crippen LogP contribution in [0.5, 0.6) is 5.75 Å². The number of amides is 1. The van der Waals surface area contributed by atoms with Gasteiger partial charge in [0, 0.05) is 29.3 Å². The van der Waals surface area contributed by atoms with Crippen molar-refractivity contribution in [1.82, 2.24) is 0 Å². The Morgan fingerprint density at radius 1 is 1.20 bits per heavy atom. The zero-order chi connectivity index (χ0) is 21.7. The van der Waals surface area contributed by atoms with E-state index in [4.69, 9.17) is 9.47 Å². The molecule has 2 aromatic rings. The van der Waals surface area contributed by atoms with E-state index >= 15 is 0 Å². The van der Waals surface area contributed by atoms with Crippen molar-refractivity contribution in [3.63, 3.8) is 0 Å². The maximum Gasteiger partial charge on any atom is 0.268 e. The zero-order valence-corrected chi connectivity index (χ0v) is 18.8. The van der Waals surface area contributed by atoms with Crippen LogP contribution in [0.25, 0.3) is 0 Å². The molecule has 0 bridgehead atoms. The molecule has 1 amide bonds.